The van der Waals surface area contributed by atoms with Gasteiger partial charge in [-0.15, -0.1) is 11.6 Å². The molecule has 0 N–H and O–H groups in total. The van der Waals surface area contributed by atoms with E-state index in [0.29, 0.717) is 0 Å². The summed E-state index contributed by atoms with van der Waals surface area (Å²) in [5.41, 5.74) is 0. The molecule has 100 valence electrons. The molecule has 0 radical (unpaired) electrons. The van der Waals surface area contributed by atoms with Gasteiger partial charge in [0.2, 0.25) is 0 Å². The minimum Gasteiger partial charge on any atom is -0.339 e. The highest BCUT2D eigenvalue weighted by molar-refractivity contribution is 7.89. The second kappa shape index (κ2) is 4.21. The highest BCUT2D eigenvalue weighted by Gasteiger charge is 2.47. The summed E-state index contributed by atoms with van der Waals surface area (Å²) < 4.78 is 28.5. The number of hydrogen-bond donors (Lipinski definition) is 0. The number of halogens is 1. The average Bonchev–Trinajstić information content (AvgIpc) is 2.83. The van der Waals surface area contributed by atoms with Crippen LogP contribution in [0.25, 0.3) is 0 Å². The molecular weight excluding hydrogens is 274 g/mol. The van der Waals surface area contributed by atoms with E-state index in [1.165, 1.54) is 6.33 Å². The molecule has 2 unspecified atom stereocenters. The van der Waals surface area contributed by atoms with Crippen LogP contribution in [0.4, 0.5) is 0 Å². The van der Waals surface area contributed by atoms with E-state index in [1.54, 1.807) is 22.1 Å². The molecule has 3 heterocycles. The maximum atomic E-state index is 12.6. The average molecular weight is 290 g/mol. The Balaban J connectivity index is 1.96. The monoisotopic (exact) mass is 289 g/mol. The molecule has 2 aliphatic heterocycles. The number of imidazole rings is 1. The van der Waals surface area contributed by atoms with Crippen LogP contribution in [0.1, 0.15) is 25.7 Å². The van der Waals surface area contributed by atoms with Crippen LogP contribution in [0, 0.1) is 0 Å². The van der Waals surface area contributed by atoms with Gasteiger partial charge in [0.25, 0.3) is 10.0 Å². The summed E-state index contributed by atoms with van der Waals surface area (Å²) in [6.07, 6.45) is 6.42. The first-order valence-corrected chi connectivity index (χ1v) is 8.01. The second-order valence-corrected chi connectivity index (χ2v) is 7.57. The first-order chi connectivity index (χ1) is 8.48. The van der Waals surface area contributed by atoms with E-state index >= 15 is 0 Å². The van der Waals surface area contributed by atoms with Gasteiger partial charge in [-0.2, -0.15) is 4.31 Å². The van der Waals surface area contributed by atoms with E-state index in [-0.39, 0.29) is 22.5 Å². The van der Waals surface area contributed by atoms with Gasteiger partial charge in [-0.3, -0.25) is 0 Å². The molecule has 1 aromatic heterocycles. The Morgan fingerprint density at radius 1 is 1.33 bits per heavy atom. The summed E-state index contributed by atoms with van der Waals surface area (Å²) in [5.74, 6) is 0. The Kier molecular flexibility index (Phi) is 2.91. The summed E-state index contributed by atoms with van der Waals surface area (Å²) >= 11 is 6.17. The molecule has 2 atom stereocenters. The topological polar surface area (TPSA) is 55.2 Å². The Labute approximate surface area is 112 Å². The van der Waals surface area contributed by atoms with E-state index in [2.05, 4.69) is 4.98 Å². The zero-order valence-electron chi connectivity index (χ0n) is 10.2. The maximum Gasteiger partial charge on any atom is 0.262 e. The zero-order valence-corrected chi connectivity index (χ0v) is 11.7. The number of aromatic nitrogens is 2. The van der Waals surface area contributed by atoms with Crippen molar-refractivity contribution in [2.45, 2.75) is 48.2 Å². The van der Waals surface area contributed by atoms with Crippen molar-refractivity contribution in [3.63, 3.8) is 0 Å². The summed E-state index contributed by atoms with van der Waals surface area (Å²) in [4.78, 5) is 3.98. The van der Waals surface area contributed by atoms with Gasteiger partial charge >= 0.3 is 0 Å². The fourth-order valence-electron chi connectivity index (χ4n) is 3.09. The van der Waals surface area contributed by atoms with Crippen LogP contribution in [0.3, 0.4) is 0 Å². The summed E-state index contributed by atoms with van der Waals surface area (Å²) in [6.45, 7) is 0. The second-order valence-electron chi connectivity index (χ2n) is 5.17. The van der Waals surface area contributed by atoms with Crippen LogP contribution in [0.2, 0.25) is 0 Å². The highest BCUT2D eigenvalue weighted by Crippen LogP contribution is 2.40. The molecule has 7 heteroatoms. The van der Waals surface area contributed by atoms with Crippen molar-refractivity contribution < 1.29 is 8.42 Å². The molecule has 2 saturated heterocycles. The number of piperidine rings is 1. The van der Waals surface area contributed by atoms with Gasteiger partial charge < -0.3 is 4.57 Å². The fourth-order valence-corrected chi connectivity index (χ4v) is 5.37. The summed E-state index contributed by atoms with van der Waals surface area (Å²) in [7, 11) is -1.69. The van der Waals surface area contributed by atoms with Crippen molar-refractivity contribution in [2.24, 2.45) is 7.05 Å². The SMILES string of the molecule is Cn1cnc(S(=O)(=O)N2C3CCC2CC(Cl)C3)c1. The predicted octanol–water partition coefficient (Wildman–Crippen LogP) is 1.34. The van der Waals surface area contributed by atoms with Crippen LogP contribution in [-0.4, -0.2) is 39.7 Å². The molecule has 18 heavy (non-hydrogen) atoms. The van der Waals surface area contributed by atoms with Crippen molar-refractivity contribution in [3.8, 4) is 0 Å². The molecule has 0 amide bonds. The lowest BCUT2D eigenvalue weighted by atomic mass is 10.1. The molecule has 2 fully saturated rings. The van der Waals surface area contributed by atoms with Gasteiger partial charge in [-0.05, 0) is 25.7 Å². The molecule has 0 saturated carbocycles. The molecule has 3 rings (SSSR count). The van der Waals surface area contributed by atoms with Crippen LogP contribution in [0.15, 0.2) is 17.6 Å². The minimum atomic E-state index is -3.46. The van der Waals surface area contributed by atoms with Gasteiger partial charge in [0.1, 0.15) is 0 Å². The van der Waals surface area contributed by atoms with Crippen molar-refractivity contribution in [1.82, 2.24) is 13.9 Å². The number of fused-ring (bicyclic) bond motifs is 2. The maximum absolute atomic E-state index is 12.6. The normalized spacial score (nSPS) is 32.9. The minimum absolute atomic E-state index is 0.0539. The van der Waals surface area contributed by atoms with Crippen LogP contribution < -0.4 is 0 Å². The molecule has 2 bridgehead atoms. The van der Waals surface area contributed by atoms with Gasteiger partial charge in [0, 0.05) is 30.7 Å². The third-order valence-electron chi connectivity index (χ3n) is 3.83. The third-order valence-corrected chi connectivity index (χ3v) is 6.08. The van der Waals surface area contributed by atoms with Crippen LogP contribution in [-0.2, 0) is 17.1 Å². The Morgan fingerprint density at radius 2 is 1.94 bits per heavy atom. The highest BCUT2D eigenvalue weighted by atomic mass is 35.5. The van der Waals surface area contributed by atoms with E-state index in [1.807, 2.05) is 0 Å². The van der Waals surface area contributed by atoms with Crippen LogP contribution in [0.5, 0.6) is 0 Å². The smallest absolute Gasteiger partial charge is 0.262 e. The lowest BCUT2D eigenvalue weighted by molar-refractivity contribution is 0.250. The van der Waals surface area contributed by atoms with E-state index < -0.39 is 10.0 Å². The first-order valence-electron chi connectivity index (χ1n) is 6.14. The largest absolute Gasteiger partial charge is 0.339 e. The van der Waals surface area contributed by atoms with E-state index in [9.17, 15) is 8.42 Å². The van der Waals surface area contributed by atoms with Crippen molar-refractivity contribution >= 4 is 21.6 Å². The number of nitrogens with zero attached hydrogens (tertiary/aromatic N) is 3. The lowest BCUT2D eigenvalue weighted by Gasteiger charge is -2.35. The Bertz CT molecular complexity index is 542. The zero-order chi connectivity index (χ0) is 12.9. The number of sulfonamides is 1. The fraction of sp³-hybridized carbons (Fsp3) is 0.727. The number of aryl methyl sites for hydroxylation is 1. The van der Waals surface area contributed by atoms with Gasteiger partial charge in [0.15, 0.2) is 5.03 Å². The van der Waals surface area contributed by atoms with Gasteiger partial charge in [0.05, 0.1) is 6.33 Å². The number of alkyl halides is 1. The molecule has 1 aromatic rings. The first kappa shape index (κ1) is 12.4. The van der Waals surface area contributed by atoms with Crippen molar-refractivity contribution in [1.29, 1.82) is 0 Å². The van der Waals surface area contributed by atoms with E-state index in [4.69, 9.17) is 11.6 Å². The molecular formula is C11H16ClN3O2S. The molecule has 0 aromatic carbocycles. The Morgan fingerprint density at radius 3 is 2.44 bits per heavy atom. The van der Waals surface area contributed by atoms with Crippen molar-refractivity contribution in [2.75, 3.05) is 0 Å². The van der Waals surface area contributed by atoms with Gasteiger partial charge in [-0.25, -0.2) is 13.4 Å². The molecule has 2 aliphatic rings. The predicted molar refractivity (Wildman–Crippen MR) is 67.9 cm³/mol. The van der Waals surface area contributed by atoms with Gasteiger partial charge in [-0.1, -0.05) is 0 Å². The standard InChI is InChI=1S/C11H16ClN3O2S/c1-14-6-11(13-7-14)18(16,17)15-9-2-3-10(15)5-8(12)4-9/h6-10H,2-5H2,1H3. The molecule has 0 aliphatic carbocycles. The lowest BCUT2D eigenvalue weighted by Crippen LogP contribution is -2.46. The van der Waals surface area contributed by atoms with Crippen molar-refractivity contribution in [3.05, 3.63) is 12.5 Å². The summed E-state index contributed by atoms with van der Waals surface area (Å²) in [6, 6.07) is 0.108. The van der Waals surface area contributed by atoms with E-state index in [0.717, 1.165) is 25.7 Å². The quantitative estimate of drug-likeness (QED) is 0.772. The number of hydrogen-bond acceptors (Lipinski definition) is 3. The Hall–Kier alpha value is -0.590. The third kappa shape index (κ3) is 1.87. The summed E-state index contributed by atoms with van der Waals surface area (Å²) in [5, 5.41) is 0.257. The van der Waals surface area contributed by atoms with Crippen LogP contribution >= 0.6 is 11.6 Å². The number of rotatable bonds is 2. The molecule has 5 nitrogen and oxygen atoms in total. The molecule has 0 spiro atoms.